The van der Waals surface area contributed by atoms with Crippen LogP contribution in [0, 0.1) is 44.2 Å². The highest BCUT2D eigenvalue weighted by atomic mass is 36.0. The number of nitrogen functional groups attached to an aromatic ring is 1. The number of nitrogens with one attached hydrogen (secondary N) is 2. The molecule has 6 aromatic rings. The Kier molecular flexibility index (Phi) is 24.0. The van der Waals surface area contributed by atoms with Crippen molar-refractivity contribution in [3.05, 3.63) is 150 Å². The summed E-state index contributed by atoms with van der Waals surface area (Å²) in [6.45, 7) is 5.99. The zero-order valence-electron chi connectivity index (χ0n) is 34.6. The maximum absolute atomic E-state index is 11.4. The third-order valence-electron chi connectivity index (χ3n) is 6.96. The molecule has 0 radical (unpaired) electrons. The van der Waals surface area contributed by atoms with Crippen molar-refractivity contribution in [1.29, 1.82) is 0 Å². The molecule has 25 nitrogen and oxygen atoms in total. The van der Waals surface area contributed by atoms with Crippen molar-refractivity contribution < 1.29 is 52.5 Å². The van der Waals surface area contributed by atoms with E-state index in [9.17, 15) is 54.1 Å². The lowest BCUT2D eigenvalue weighted by Gasteiger charge is -2.01. The van der Waals surface area contributed by atoms with Crippen molar-refractivity contribution in [2.75, 3.05) is 12.3 Å². The van der Waals surface area contributed by atoms with E-state index >= 15 is 0 Å². The predicted molar refractivity (Wildman–Crippen MR) is 239 cm³/mol. The second kappa shape index (κ2) is 28.2. The number of nitro groups is 3. The first-order valence-electron chi connectivity index (χ1n) is 17.7. The molecule has 2 heterocycles. The maximum Gasteiger partial charge on any atom is 0.339 e. The number of aromatic carboxylic acids is 1. The molecule has 7 N–H and O–H groups in total. The van der Waals surface area contributed by atoms with Crippen molar-refractivity contribution >= 4 is 85.2 Å². The Bertz CT molecular complexity index is 2570. The summed E-state index contributed by atoms with van der Waals surface area (Å²) in [6.07, 6.45) is 0. The molecule has 0 aliphatic carbocycles. The number of Topliss-reactive ketones (excluding diaryl/α,β-unsaturated/α-hetero) is 1. The number of aromatic nitrogens is 4. The van der Waals surface area contributed by atoms with Crippen molar-refractivity contribution in [3.63, 3.8) is 0 Å². The van der Waals surface area contributed by atoms with Crippen molar-refractivity contribution in [1.82, 2.24) is 31.1 Å². The van der Waals surface area contributed by atoms with Crippen LogP contribution in [0.1, 0.15) is 46.3 Å². The van der Waals surface area contributed by atoms with Gasteiger partial charge in [0.1, 0.15) is 0 Å². The summed E-state index contributed by atoms with van der Waals surface area (Å²) in [4.78, 5) is 71.2. The molecular weight excluding hydrogens is 960 g/mol. The summed E-state index contributed by atoms with van der Waals surface area (Å²) < 4.78 is 19.9. The molecular formula is C37H37Cl3N11O14P. The lowest BCUT2D eigenvalue weighted by molar-refractivity contribution is -0.385. The van der Waals surface area contributed by atoms with Gasteiger partial charge in [0, 0.05) is 86.5 Å². The van der Waals surface area contributed by atoms with Gasteiger partial charge in [-0.25, -0.2) is 10.6 Å². The smallest absolute Gasteiger partial charge is 0.339 e. The number of nitrogens with two attached hydrogens (primary N) is 2. The van der Waals surface area contributed by atoms with Crippen LogP contribution in [0.2, 0.25) is 0 Å². The van der Waals surface area contributed by atoms with Crippen LogP contribution in [-0.4, -0.2) is 70.4 Å². The van der Waals surface area contributed by atoms with Crippen molar-refractivity contribution in [2.45, 2.75) is 27.7 Å². The van der Waals surface area contributed by atoms with E-state index in [1.54, 1.807) is 38.1 Å². The van der Waals surface area contributed by atoms with E-state index < -0.39 is 25.9 Å². The Balaban J connectivity index is 0.000000413. The van der Waals surface area contributed by atoms with Crippen LogP contribution in [-0.2, 0) is 14.2 Å². The quantitative estimate of drug-likeness (QED) is 0.0177. The molecule has 0 aliphatic heterocycles. The lowest BCUT2D eigenvalue weighted by atomic mass is 10.1. The standard InChI is InChI=1S/C10H10N2O4.C9H7N3O3.C9H9N3O.C7H5NO4.C2H6N2O.Cl3OP/c1-7(13)11-6-10(14)8-2-4-9(5-3-8)12(15)16;1-6-10-11-9(15-6)7-2-4-8(5-3-7)12(13)14;1-6-11-12-9(13-6)7-2-4-8(10)5-3-7;9-7(10)5-1-3-6(4-2-5)8(11)12;1-2(5)4-3;1-5(2,3)4/h2-5H,6H2,1H3,(H,11,13);2-5H,1H3;2-5H,10H2,1H3;1-4H,(H,9,10);3H2,1H3,(H,4,5);. The summed E-state index contributed by atoms with van der Waals surface area (Å²) in [5.74, 6) is 4.59. The summed E-state index contributed by atoms with van der Waals surface area (Å²) >= 11 is 13.8. The van der Waals surface area contributed by atoms with Gasteiger partial charge >= 0.3 is 11.2 Å². The van der Waals surface area contributed by atoms with E-state index in [0.717, 1.165) is 23.4 Å². The number of hydrogen-bond acceptors (Lipinski definition) is 19. The van der Waals surface area contributed by atoms with E-state index in [4.69, 9.17) is 19.7 Å². The molecule has 350 valence electrons. The first-order chi connectivity index (χ1) is 30.8. The number of rotatable bonds is 9. The van der Waals surface area contributed by atoms with Gasteiger partial charge in [0.2, 0.25) is 35.4 Å². The summed E-state index contributed by atoms with van der Waals surface area (Å²) in [5.41, 5.74) is 9.93. The minimum Gasteiger partial charge on any atom is -0.478 e. The van der Waals surface area contributed by atoms with Gasteiger partial charge in [-0.05, 0) is 94.4 Å². The summed E-state index contributed by atoms with van der Waals surface area (Å²) in [5, 5.41) is 53.6. The molecule has 0 fully saturated rings. The second-order valence-corrected chi connectivity index (χ2v) is 18.7. The van der Waals surface area contributed by atoms with Crippen LogP contribution in [0.3, 0.4) is 0 Å². The van der Waals surface area contributed by atoms with Crippen LogP contribution >= 0.6 is 38.9 Å². The molecule has 29 heteroatoms. The highest BCUT2D eigenvalue weighted by molar-refractivity contribution is 8.24. The van der Waals surface area contributed by atoms with Gasteiger partial charge in [-0.3, -0.25) is 54.7 Å². The number of nitrogens with zero attached hydrogens (tertiary/aromatic N) is 7. The molecule has 66 heavy (non-hydrogen) atoms. The average molecular weight is 997 g/mol. The molecule has 0 bridgehead atoms. The van der Waals surface area contributed by atoms with E-state index in [-0.39, 0.29) is 46.8 Å². The van der Waals surface area contributed by atoms with Gasteiger partial charge < -0.3 is 25.0 Å². The van der Waals surface area contributed by atoms with Crippen molar-refractivity contribution in [2.24, 2.45) is 5.84 Å². The molecule has 2 aromatic heterocycles. The van der Waals surface area contributed by atoms with E-state index in [0.29, 0.717) is 34.7 Å². The summed E-state index contributed by atoms with van der Waals surface area (Å²) in [7, 11) is 0. The third kappa shape index (κ3) is 23.7. The first-order valence-corrected chi connectivity index (χ1v) is 22.1. The van der Waals surface area contributed by atoms with Gasteiger partial charge in [-0.1, -0.05) is 0 Å². The van der Waals surface area contributed by atoms with Gasteiger partial charge in [-0.15, -0.1) is 20.4 Å². The van der Waals surface area contributed by atoms with E-state index in [1.165, 1.54) is 62.4 Å². The Morgan fingerprint density at radius 1 is 0.636 bits per heavy atom. The van der Waals surface area contributed by atoms with Gasteiger partial charge in [0.05, 0.1) is 26.9 Å². The van der Waals surface area contributed by atoms with Gasteiger partial charge in [-0.2, -0.15) is 0 Å². The third-order valence-corrected chi connectivity index (χ3v) is 6.96. The summed E-state index contributed by atoms with van der Waals surface area (Å²) in [6, 6.07) is 23.2. The minimum atomic E-state index is -3.22. The highest BCUT2D eigenvalue weighted by Crippen LogP contribution is 2.61. The molecule has 0 spiro atoms. The van der Waals surface area contributed by atoms with Crippen LogP contribution in [0.5, 0.6) is 0 Å². The largest absolute Gasteiger partial charge is 0.478 e. The van der Waals surface area contributed by atoms with E-state index in [2.05, 4.69) is 65.3 Å². The maximum atomic E-state index is 11.4. The number of amides is 2. The van der Waals surface area contributed by atoms with Gasteiger partial charge in [0.15, 0.2) is 5.78 Å². The number of hydrogen-bond donors (Lipinski definition) is 5. The highest BCUT2D eigenvalue weighted by Gasteiger charge is 2.11. The second-order valence-electron chi connectivity index (χ2n) is 12.0. The number of nitro benzene ring substituents is 3. The molecule has 0 aliphatic rings. The zero-order chi connectivity index (χ0) is 50.1. The number of carboxylic acid groups (broad SMARTS) is 1. The van der Waals surface area contributed by atoms with Crippen LogP contribution in [0.15, 0.2) is 106 Å². The Morgan fingerprint density at radius 3 is 1.23 bits per heavy atom. The Hall–Kier alpha value is -7.70. The Labute approximate surface area is 386 Å². The number of carboxylic acids is 1. The normalized spacial score (nSPS) is 9.76. The number of halogens is 3. The molecule has 0 unspecified atom stereocenters. The lowest BCUT2D eigenvalue weighted by Crippen LogP contribution is -2.27. The molecule has 4 aromatic carbocycles. The SMILES string of the molecule is CC(=O)NCC(=O)c1ccc([N+](=O)[O-])cc1.CC(=O)NN.Cc1nnc(-c2ccc(N)cc2)o1.Cc1nnc(-c2ccc([N+](=O)[O-])cc2)o1.O=C(O)c1ccc([N+](=O)[O-])cc1.O=P(Cl)(Cl)Cl. The number of carbonyl (C=O) groups is 4. The minimum absolute atomic E-state index is 0.0370. The zero-order valence-corrected chi connectivity index (χ0v) is 37.7. The molecule has 0 saturated heterocycles. The number of hydrazine groups is 1. The molecule has 0 atom stereocenters. The van der Waals surface area contributed by atoms with Crippen molar-refractivity contribution in [3.8, 4) is 22.9 Å². The fourth-order valence-corrected chi connectivity index (χ4v) is 3.98. The molecule has 0 saturated carbocycles. The molecule has 6 rings (SSSR count). The Morgan fingerprint density at radius 2 is 0.955 bits per heavy atom. The number of ketones is 1. The van der Waals surface area contributed by atoms with Crippen LogP contribution < -0.4 is 22.3 Å². The topological polar surface area (TPSA) is 389 Å². The van der Waals surface area contributed by atoms with Gasteiger partial charge in [0.25, 0.3) is 17.1 Å². The number of anilines is 1. The predicted octanol–water partition coefficient (Wildman–Crippen LogP) is 7.59. The number of benzene rings is 4. The monoisotopic (exact) mass is 995 g/mol. The number of carbonyl (C=O) groups excluding carboxylic acids is 3. The molecule has 2 amide bonds. The average Bonchev–Trinajstić information content (AvgIpc) is 3.91. The number of non-ortho nitro benzene ring substituents is 3. The first kappa shape index (κ1) is 56.3. The van der Waals surface area contributed by atoms with Crippen LogP contribution in [0.25, 0.3) is 22.9 Å². The van der Waals surface area contributed by atoms with E-state index in [1.807, 2.05) is 17.6 Å². The fourth-order valence-electron chi connectivity index (χ4n) is 3.98. The van der Waals surface area contributed by atoms with Crippen LogP contribution in [0.4, 0.5) is 22.7 Å². The number of aryl methyl sites for hydroxylation is 2. The fraction of sp³-hybridized carbons (Fsp3) is 0.135.